The van der Waals surface area contributed by atoms with Gasteiger partial charge in [0.15, 0.2) is 0 Å². The van der Waals surface area contributed by atoms with E-state index in [2.05, 4.69) is 14.6 Å². The van der Waals surface area contributed by atoms with E-state index in [-0.39, 0.29) is 11.7 Å². The molecule has 160 valence electrons. The summed E-state index contributed by atoms with van der Waals surface area (Å²) in [5.41, 5.74) is 2.81. The number of hydrogen-bond donors (Lipinski definition) is 1. The average molecular weight is 437 g/mol. The molecule has 0 saturated carbocycles. The van der Waals surface area contributed by atoms with E-state index in [9.17, 15) is 13.2 Å². The fourth-order valence-electron chi connectivity index (χ4n) is 3.60. The monoisotopic (exact) mass is 436 g/mol. The normalized spacial score (nSPS) is 14.3. The molecule has 8 heteroatoms. The fraction of sp³-hybridized carbons (Fsp3) is 0.217. The Labute approximate surface area is 182 Å². The second kappa shape index (κ2) is 9.18. The number of sulfonamides is 1. The van der Waals surface area contributed by atoms with Crippen LogP contribution in [0, 0.1) is 0 Å². The topological polar surface area (TPSA) is 82.6 Å². The van der Waals surface area contributed by atoms with Gasteiger partial charge in [0, 0.05) is 55.5 Å². The molecule has 0 bridgehead atoms. The molecule has 0 aliphatic carbocycles. The van der Waals surface area contributed by atoms with E-state index in [4.69, 9.17) is 0 Å². The number of benzene rings is 2. The predicted octanol–water partition coefficient (Wildman–Crippen LogP) is 2.99. The van der Waals surface area contributed by atoms with Crippen LogP contribution in [-0.4, -0.2) is 50.4 Å². The van der Waals surface area contributed by atoms with Gasteiger partial charge in [0.2, 0.25) is 10.0 Å². The predicted molar refractivity (Wildman–Crippen MR) is 121 cm³/mol. The van der Waals surface area contributed by atoms with Gasteiger partial charge < -0.3 is 9.80 Å². The quantitative estimate of drug-likeness (QED) is 0.642. The van der Waals surface area contributed by atoms with Gasteiger partial charge in [0.05, 0.1) is 5.75 Å². The minimum atomic E-state index is -3.53. The third-order valence-corrected chi connectivity index (χ3v) is 6.46. The van der Waals surface area contributed by atoms with Crippen molar-refractivity contribution in [3.05, 3.63) is 90.3 Å². The molecule has 4 rings (SSSR count). The van der Waals surface area contributed by atoms with Crippen LogP contribution in [0.3, 0.4) is 0 Å². The van der Waals surface area contributed by atoms with Crippen molar-refractivity contribution in [2.75, 3.05) is 35.8 Å². The van der Waals surface area contributed by atoms with Crippen molar-refractivity contribution < 1.29 is 13.2 Å². The number of hydrogen-bond acceptors (Lipinski definition) is 5. The van der Waals surface area contributed by atoms with Crippen LogP contribution < -0.4 is 9.62 Å². The summed E-state index contributed by atoms with van der Waals surface area (Å²) in [4.78, 5) is 20.9. The lowest BCUT2D eigenvalue weighted by molar-refractivity contribution is 0.0747. The van der Waals surface area contributed by atoms with Crippen molar-refractivity contribution in [1.82, 2.24) is 9.88 Å². The summed E-state index contributed by atoms with van der Waals surface area (Å²) < 4.78 is 27.3. The van der Waals surface area contributed by atoms with Gasteiger partial charge in [-0.2, -0.15) is 0 Å². The van der Waals surface area contributed by atoms with Crippen LogP contribution in [0.5, 0.6) is 0 Å². The molecule has 1 N–H and O–H groups in total. The summed E-state index contributed by atoms with van der Waals surface area (Å²) in [7, 11) is -3.53. The Morgan fingerprint density at radius 1 is 0.871 bits per heavy atom. The number of nitrogens with zero attached hydrogens (tertiary/aromatic N) is 3. The van der Waals surface area contributed by atoms with Crippen LogP contribution in [0.2, 0.25) is 0 Å². The first-order valence-electron chi connectivity index (χ1n) is 10.1. The Morgan fingerprint density at radius 3 is 2.16 bits per heavy atom. The fourth-order valence-corrected chi connectivity index (χ4v) is 4.79. The number of amides is 1. The largest absolute Gasteiger partial charge is 0.368 e. The molecule has 1 fully saturated rings. The molecule has 0 unspecified atom stereocenters. The molecule has 2 heterocycles. The maximum absolute atomic E-state index is 12.8. The van der Waals surface area contributed by atoms with Gasteiger partial charge in [0.25, 0.3) is 5.91 Å². The minimum Gasteiger partial charge on any atom is -0.368 e. The second-order valence-electron chi connectivity index (χ2n) is 7.41. The summed E-state index contributed by atoms with van der Waals surface area (Å²) in [5, 5.41) is 0. The Kier molecular flexibility index (Phi) is 6.18. The zero-order valence-corrected chi connectivity index (χ0v) is 17.8. The van der Waals surface area contributed by atoms with E-state index in [1.165, 1.54) is 0 Å². The van der Waals surface area contributed by atoms with Crippen molar-refractivity contribution in [2.45, 2.75) is 5.75 Å². The first kappa shape index (κ1) is 20.9. The highest BCUT2D eigenvalue weighted by atomic mass is 32.2. The van der Waals surface area contributed by atoms with Gasteiger partial charge >= 0.3 is 0 Å². The summed E-state index contributed by atoms with van der Waals surface area (Å²) >= 11 is 0. The minimum absolute atomic E-state index is 0.0481. The van der Waals surface area contributed by atoms with Crippen molar-refractivity contribution in [2.24, 2.45) is 0 Å². The molecule has 0 radical (unpaired) electrons. The van der Waals surface area contributed by atoms with Gasteiger partial charge in [-0.1, -0.05) is 30.3 Å². The lowest BCUT2D eigenvalue weighted by atomic mass is 10.1. The van der Waals surface area contributed by atoms with Crippen molar-refractivity contribution in [1.29, 1.82) is 0 Å². The average Bonchev–Trinajstić information content (AvgIpc) is 2.80. The van der Waals surface area contributed by atoms with Gasteiger partial charge in [-0.3, -0.25) is 14.5 Å². The molecule has 3 aromatic rings. The van der Waals surface area contributed by atoms with E-state index in [1.54, 1.807) is 48.8 Å². The number of piperazine rings is 1. The highest BCUT2D eigenvalue weighted by Gasteiger charge is 2.22. The van der Waals surface area contributed by atoms with Gasteiger partial charge in [-0.25, -0.2) is 8.42 Å². The van der Waals surface area contributed by atoms with E-state index in [0.717, 1.165) is 18.8 Å². The second-order valence-corrected chi connectivity index (χ2v) is 9.13. The van der Waals surface area contributed by atoms with Crippen molar-refractivity contribution in [3.8, 4) is 0 Å². The van der Waals surface area contributed by atoms with Crippen LogP contribution in [0.1, 0.15) is 15.9 Å². The standard InChI is InChI=1S/C23H24N4O3S/c28-23(27-16-14-26(15-17-27)22-10-12-24-13-11-22)20-6-8-21(9-7-20)25-31(29,30)18-19-4-2-1-3-5-19/h1-13,25H,14-18H2. The molecule has 0 atom stereocenters. The summed E-state index contributed by atoms with van der Waals surface area (Å²) in [6, 6.07) is 19.5. The molecule has 1 amide bonds. The van der Waals surface area contributed by atoms with E-state index >= 15 is 0 Å². The Morgan fingerprint density at radius 2 is 1.52 bits per heavy atom. The van der Waals surface area contributed by atoms with Crippen LogP contribution in [0.15, 0.2) is 79.1 Å². The zero-order chi connectivity index (χ0) is 21.7. The summed E-state index contributed by atoms with van der Waals surface area (Å²) in [6.07, 6.45) is 3.53. The molecule has 2 aromatic carbocycles. The molecule has 1 aliphatic rings. The third kappa shape index (κ3) is 5.40. The highest BCUT2D eigenvalue weighted by Crippen LogP contribution is 2.18. The van der Waals surface area contributed by atoms with Crippen LogP contribution >= 0.6 is 0 Å². The van der Waals surface area contributed by atoms with Gasteiger partial charge in [-0.15, -0.1) is 0 Å². The zero-order valence-electron chi connectivity index (χ0n) is 17.0. The first-order chi connectivity index (χ1) is 15.0. The number of nitrogens with one attached hydrogen (secondary N) is 1. The van der Waals surface area contributed by atoms with Gasteiger partial charge in [-0.05, 0) is 42.0 Å². The van der Waals surface area contributed by atoms with E-state index in [1.807, 2.05) is 35.2 Å². The lowest BCUT2D eigenvalue weighted by Crippen LogP contribution is -2.48. The van der Waals surface area contributed by atoms with E-state index < -0.39 is 10.0 Å². The molecule has 0 spiro atoms. The van der Waals surface area contributed by atoms with Crippen molar-refractivity contribution >= 4 is 27.3 Å². The molecule has 31 heavy (non-hydrogen) atoms. The molecule has 1 aromatic heterocycles. The molecule has 1 aliphatic heterocycles. The van der Waals surface area contributed by atoms with Crippen LogP contribution in [0.25, 0.3) is 0 Å². The molecule has 7 nitrogen and oxygen atoms in total. The number of anilines is 2. The highest BCUT2D eigenvalue weighted by molar-refractivity contribution is 7.91. The Hall–Kier alpha value is -3.39. The number of rotatable bonds is 6. The SMILES string of the molecule is O=C(c1ccc(NS(=O)(=O)Cc2ccccc2)cc1)N1CCN(c2ccncc2)CC1. The third-order valence-electron chi connectivity index (χ3n) is 5.20. The van der Waals surface area contributed by atoms with Crippen LogP contribution in [0.4, 0.5) is 11.4 Å². The van der Waals surface area contributed by atoms with Crippen LogP contribution in [-0.2, 0) is 15.8 Å². The molecule has 1 saturated heterocycles. The summed E-state index contributed by atoms with van der Waals surface area (Å²) in [5.74, 6) is -0.149. The Bertz CT molecular complexity index is 1110. The smallest absolute Gasteiger partial charge is 0.253 e. The number of carbonyl (C=O) groups is 1. The maximum Gasteiger partial charge on any atom is 0.253 e. The van der Waals surface area contributed by atoms with Gasteiger partial charge in [0.1, 0.15) is 0 Å². The number of pyridine rings is 1. The van der Waals surface area contributed by atoms with E-state index in [0.29, 0.717) is 29.9 Å². The summed E-state index contributed by atoms with van der Waals surface area (Å²) in [6.45, 7) is 2.78. The number of carbonyl (C=O) groups excluding carboxylic acids is 1. The molecular weight excluding hydrogens is 412 g/mol. The Balaban J connectivity index is 1.34. The lowest BCUT2D eigenvalue weighted by Gasteiger charge is -2.36. The number of aromatic nitrogens is 1. The first-order valence-corrected chi connectivity index (χ1v) is 11.7. The van der Waals surface area contributed by atoms with Crippen molar-refractivity contribution in [3.63, 3.8) is 0 Å². The molecular formula is C23H24N4O3S. The maximum atomic E-state index is 12.8.